The number of benzene rings is 1. The number of aliphatic hydroxyl groups excluding tert-OH is 1. The van der Waals surface area contributed by atoms with Gasteiger partial charge in [-0.3, -0.25) is 0 Å². The first kappa shape index (κ1) is 14.8. The summed E-state index contributed by atoms with van der Waals surface area (Å²) in [6.45, 7) is 6.64. The fourth-order valence-electron chi connectivity index (χ4n) is 2.01. The molecule has 0 bridgehead atoms. The van der Waals surface area contributed by atoms with Crippen LogP contribution in [-0.4, -0.2) is 25.9 Å². The van der Waals surface area contributed by atoms with Crippen molar-refractivity contribution in [2.45, 2.75) is 39.0 Å². The fraction of sp³-hybridized carbons (Fsp3) is 0.600. The van der Waals surface area contributed by atoms with Gasteiger partial charge < -0.3 is 14.6 Å². The van der Waals surface area contributed by atoms with E-state index in [0.29, 0.717) is 0 Å². The Morgan fingerprint density at radius 3 is 2.11 bits per heavy atom. The molecule has 0 aliphatic rings. The van der Waals surface area contributed by atoms with E-state index >= 15 is 0 Å². The first-order chi connectivity index (χ1) is 8.43. The highest BCUT2D eigenvalue weighted by molar-refractivity contribution is 5.49. The molecule has 0 atom stereocenters. The van der Waals surface area contributed by atoms with Gasteiger partial charge in [0.05, 0.1) is 14.2 Å². The lowest BCUT2D eigenvalue weighted by Gasteiger charge is -2.24. The maximum atomic E-state index is 8.93. The molecule has 0 fully saturated rings. The summed E-state index contributed by atoms with van der Waals surface area (Å²) in [6, 6.07) is 4.07. The third kappa shape index (κ3) is 3.39. The number of hydrogen-bond acceptors (Lipinski definition) is 3. The molecule has 1 aromatic carbocycles. The predicted octanol–water partition coefficient (Wildman–Crippen LogP) is 2.93. The number of aliphatic hydroxyl groups is 1. The van der Waals surface area contributed by atoms with Gasteiger partial charge in [-0.1, -0.05) is 20.8 Å². The van der Waals surface area contributed by atoms with E-state index in [-0.39, 0.29) is 12.0 Å². The van der Waals surface area contributed by atoms with Crippen LogP contribution in [0.5, 0.6) is 11.5 Å². The van der Waals surface area contributed by atoms with Crippen LogP contribution >= 0.6 is 0 Å². The van der Waals surface area contributed by atoms with Gasteiger partial charge in [-0.2, -0.15) is 0 Å². The topological polar surface area (TPSA) is 38.7 Å². The van der Waals surface area contributed by atoms with E-state index in [0.717, 1.165) is 35.5 Å². The Bertz CT molecular complexity index is 391. The van der Waals surface area contributed by atoms with Crippen molar-refractivity contribution in [3.63, 3.8) is 0 Å². The van der Waals surface area contributed by atoms with E-state index in [1.165, 1.54) is 0 Å². The molecule has 0 unspecified atom stereocenters. The molecule has 0 saturated heterocycles. The molecule has 0 amide bonds. The highest BCUT2D eigenvalue weighted by atomic mass is 16.5. The molecule has 0 aliphatic carbocycles. The van der Waals surface area contributed by atoms with Crippen molar-refractivity contribution in [2.24, 2.45) is 0 Å². The Balaban J connectivity index is 3.23. The predicted molar refractivity (Wildman–Crippen MR) is 73.7 cm³/mol. The zero-order chi connectivity index (χ0) is 13.8. The summed E-state index contributed by atoms with van der Waals surface area (Å²) in [5, 5.41) is 8.93. The molecule has 1 N–H and O–H groups in total. The Morgan fingerprint density at radius 1 is 1.06 bits per heavy atom. The lowest BCUT2D eigenvalue weighted by Crippen LogP contribution is -2.13. The molecule has 0 heterocycles. The average Bonchev–Trinajstić information content (AvgIpc) is 2.33. The van der Waals surface area contributed by atoms with E-state index in [1.54, 1.807) is 14.2 Å². The van der Waals surface area contributed by atoms with Gasteiger partial charge in [0.25, 0.3) is 0 Å². The van der Waals surface area contributed by atoms with Crippen molar-refractivity contribution in [3.05, 3.63) is 23.3 Å². The molecule has 0 radical (unpaired) electrons. The minimum Gasteiger partial charge on any atom is -0.496 e. The van der Waals surface area contributed by atoms with Gasteiger partial charge >= 0.3 is 0 Å². The van der Waals surface area contributed by atoms with E-state index < -0.39 is 0 Å². The smallest absolute Gasteiger partial charge is 0.123 e. The normalized spacial score (nSPS) is 11.4. The maximum Gasteiger partial charge on any atom is 0.123 e. The summed E-state index contributed by atoms with van der Waals surface area (Å²) in [4.78, 5) is 0. The monoisotopic (exact) mass is 252 g/mol. The quantitative estimate of drug-likeness (QED) is 0.875. The second kappa shape index (κ2) is 6.10. The summed E-state index contributed by atoms with van der Waals surface area (Å²) in [5.74, 6) is 1.76. The molecular weight excluding hydrogens is 228 g/mol. The number of hydrogen-bond donors (Lipinski definition) is 1. The van der Waals surface area contributed by atoms with E-state index in [2.05, 4.69) is 20.8 Å². The molecule has 0 spiro atoms. The highest BCUT2D eigenvalue weighted by Crippen LogP contribution is 2.37. The van der Waals surface area contributed by atoms with Gasteiger partial charge in [0.1, 0.15) is 11.5 Å². The Labute approximate surface area is 110 Å². The van der Waals surface area contributed by atoms with Gasteiger partial charge in [0.15, 0.2) is 0 Å². The SMILES string of the molecule is COc1cc(C(C)(C)C)c(OC)cc1CCCO. The van der Waals surface area contributed by atoms with E-state index in [9.17, 15) is 0 Å². The van der Waals surface area contributed by atoms with Gasteiger partial charge in [-0.15, -0.1) is 0 Å². The summed E-state index contributed by atoms with van der Waals surface area (Å²) in [5.41, 5.74) is 2.22. The van der Waals surface area contributed by atoms with Crippen molar-refractivity contribution in [3.8, 4) is 11.5 Å². The van der Waals surface area contributed by atoms with Crippen molar-refractivity contribution < 1.29 is 14.6 Å². The van der Waals surface area contributed by atoms with E-state index in [1.807, 2.05) is 12.1 Å². The van der Waals surface area contributed by atoms with Crippen molar-refractivity contribution in [1.29, 1.82) is 0 Å². The Kier molecular flexibility index (Phi) is 5.03. The van der Waals surface area contributed by atoms with Crippen LogP contribution < -0.4 is 9.47 Å². The van der Waals surface area contributed by atoms with Crippen molar-refractivity contribution in [1.82, 2.24) is 0 Å². The lowest BCUT2D eigenvalue weighted by atomic mass is 9.85. The van der Waals surface area contributed by atoms with Gasteiger partial charge in [0, 0.05) is 12.2 Å². The molecule has 102 valence electrons. The summed E-state index contributed by atoms with van der Waals surface area (Å²) >= 11 is 0. The number of methoxy groups -OCH3 is 2. The molecule has 0 saturated carbocycles. The molecular formula is C15H24O3. The third-order valence-electron chi connectivity index (χ3n) is 3.01. The van der Waals surface area contributed by atoms with Crippen LogP contribution in [0, 0.1) is 0 Å². The molecule has 3 nitrogen and oxygen atoms in total. The zero-order valence-electron chi connectivity index (χ0n) is 12.0. The second-order valence-corrected chi connectivity index (χ2v) is 5.44. The zero-order valence-corrected chi connectivity index (χ0v) is 12.0. The van der Waals surface area contributed by atoms with E-state index in [4.69, 9.17) is 14.6 Å². The number of ether oxygens (including phenoxy) is 2. The first-order valence-electron chi connectivity index (χ1n) is 6.30. The Morgan fingerprint density at radius 2 is 1.67 bits per heavy atom. The molecule has 18 heavy (non-hydrogen) atoms. The minimum atomic E-state index is 0.00807. The Hall–Kier alpha value is -1.22. The number of aryl methyl sites for hydroxylation is 1. The van der Waals surface area contributed by atoms with Crippen molar-refractivity contribution >= 4 is 0 Å². The first-order valence-corrected chi connectivity index (χ1v) is 6.30. The highest BCUT2D eigenvalue weighted by Gasteiger charge is 2.21. The minimum absolute atomic E-state index is 0.00807. The van der Waals surface area contributed by atoms with Crippen LogP contribution in [0.2, 0.25) is 0 Å². The molecule has 0 aliphatic heterocycles. The second-order valence-electron chi connectivity index (χ2n) is 5.44. The molecule has 1 aromatic rings. The summed E-state index contributed by atoms with van der Waals surface area (Å²) < 4.78 is 10.9. The van der Waals surface area contributed by atoms with Gasteiger partial charge in [0.2, 0.25) is 0 Å². The van der Waals surface area contributed by atoms with Crippen molar-refractivity contribution in [2.75, 3.05) is 20.8 Å². The van der Waals surface area contributed by atoms with Gasteiger partial charge in [-0.25, -0.2) is 0 Å². The average molecular weight is 252 g/mol. The lowest BCUT2D eigenvalue weighted by molar-refractivity contribution is 0.287. The fourth-order valence-corrected chi connectivity index (χ4v) is 2.01. The number of rotatable bonds is 5. The molecule has 0 aromatic heterocycles. The standard InChI is InChI=1S/C15H24O3/c1-15(2,3)12-10-13(17-4)11(7-6-8-16)9-14(12)18-5/h9-10,16H,6-8H2,1-5H3. The van der Waals surface area contributed by atoms with Crippen LogP contribution in [0.3, 0.4) is 0 Å². The van der Waals surface area contributed by atoms with Crippen LogP contribution in [0.25, 0.3) is 0 Å². The molecule has 1 rings (SSSR count). The van der Waals surface area contributed by atoms with Crippen LogP contribution in [0.4, 0.5) is 0 Å². The van der Waals surface area contributed by atoms with Crippen LogP contribution in [0.1, 0.15) is 38.3 Å². The van der Waals surface area contributed by atoms with Crippen LogP contribution in [0.15, 0.2) is 12.1 Å². The summed E-state index contributed by atoms with van der Waals surface area (Å²) in [7, 11) is 3.36. The third-order valence-corrected chi connectivity index (χ3v) is 3.01. The van der Waals surface area contributed by atoms with Gasteiger partial charge in [-0.05, 0) is 36.0 Å². The maximum absolute atomic E-state index is 8.93. The molecule has 3 heteroatoms. The largest absolute Gasteiger partial charge is 0.496 e. The van der Waals surface area contributed by atoms with Crippen LogP contribution in [-0.2, 0) is 11.8 Å². The summed E-state index contributed by atoms with van der Waals surface area (Å²) in [6.07, 6.45) is 1.52.